The molecule has 0 aliphatic rings. The molecule has 0 heterocycles. The number of carbonyl (C=O) groups is 1. The molecule has 2 rings (SSSR count). The van der Waals surface area contributed by atoms with Crippen molar-refractivity contribution >= 4 is 15.9 Å². The fraction of sp³-hybridized carbons (Fsp3) is 0.235. The van der Waals surface area contributed by atoms with Gasteiger partial charge in [-0.05, 0) is 36.8 Å². The number of sulfonamides is 1. The standard InChI is InChI=1S/C17H17F2NO5S/c1-10-4-12(24-2)7-13(5-10)25-9-11-6-16(19)14(8-15(11)18)17(21)20-26(3,22)23/h4-8H,9H2,1-3H3,(H,20,21). The summed E-state index contributed by atoms with van der Waals surface area (Å²) < 4.78 is 62.4. The molecule has 0 bridgehead atoms. The summed E-state index contributed by atoms with van der Waals surface area (Å²) in [6.07, 6.45) is 0.734. The van der Waals surface area contributed by atoms with E-state index < -0.39 is 33.1 Å². The smallest absolute Gasteiger partial charge is 0.267 e. The van der Waals surface area contributed by atoms with Gasteiger partial charge in [0.25, 0.3) is 5.91 Å². The third-order valence-electron chi connectivity index (χ3n) is 3.31. The van der Waals surface area contributed by atoms with Gasteiger partial charge >= 0.3 is 0 Å². The first-order valence-electron chi connectivity index (χ1n) is 7.37. The summed E-state index contributed by atoms with van der Waals surface area (Å²) in [4.78, 5) is 11.7. The number of halogens is 2. The van der Waals surface area contributed by atoms with Gasteiger partial charge < -0.3 is 9.47 Å². The average Bonchev–Trinajstić information content (AvgIpc) is 2.53. The number of amides is 1. The van der Waals surface area contributed by atoms with Crippen LogP contribution in [-0.4, -0.2) is 27.7 Å². The second-order valence-electron chi connectivity index (χ2n) is 5.60. The van der Waals surface area contributed by atoms with Crippen LogP contribution in [0, 0.1) is 18.6 Å². The van der Waals surface area contributed by atoms with Crippen molar-refractivity contribution in [2.45, 2.75) is 13.5 Å². The van der Waals surface area contributed by atoms with E-state index in [0.29, 0.717) is 17.6 Å². The van der Waals surface area contributed by atoms with Crippen molar-refractivity contribution in [2.24, 2.45) is 0 Å². The molecule has 6 nitrogen and oxygen atoms in total. The summed E-state index contributed by atoms with van der Waals surface area (Å²) in [5.41, 5.74) is 0.0200. The van der Waals surface area contributed by atoms with Gasteiger partial charge in [-0.15, -0.1) is 0 Å². The zero-order valence-corrected chi connectivity index (χ0v) is 15.1. The second kappa shape index (κ2) is 7.69. The van der Waals surface area contributed by atoms with Crippen LogP contribution in [0.5, 0.6) is 11.5 Å². The van der Waals surface area contributed by atoms with Crippen molar-refractivity contribution in [1.29, 1.82) is 0 Å². The predicted molar refractivity (Wildman–Crippen MR) is 90.7 cm³/mol. The van der Waals surface area contributed by atoms with Gasteiger partial charge in [0.05, 0.1) is 18.9 Å². The van der Waals surface area contributed by atoms with E-state index >= 15 is 0 Å². The number of hydrogen-bond donors (Lipinski definition) is 1. The van der Waals surface area contributed by atoms with Crippen LogP contribution in [0.15, 0.2) is 30.3 Å². The molecular weight excluding hydrogens is 368 g/mol. The minimum absolute atomic E-state index is 0.126. The van der Waals surface area contributed by atoms with Crippen LogP contribution in [0.4, 0.5) is 8.78 Å². The maximum Gasteiger partial charge on any atom is 0.267 e. The van der Waals surface area contributed by atoms with Gasteiger partial charge in [0.1, 0.15) is 29.7 Å². The number of carbonyl (C=O) groups excluding carboxylic acids is 1. The molecule has 140 valence electrons. The van der Waals surface area contributed by atoms with Crippen LogP contribution in [0.3, 0.4) is 0 Å². The Labute approximate surface area is 149 Å². The highest BCUT2D eigenvalue weighted by Crippen LogP contribution is 2.24. The molecule has 0 saturated carbocycles. The van der Waals surface area contributed by atoms with E-state index in [2.05, 4.69) is 0 Å². The Morgan fingerprint density at radius 1 is 1.08 bits per heavy atom. The summed E-state index contributed by atoms with van der Waals surface area (Å²) in [6.45, 7) is 1.54. The van der Waals surface area contributed by atoms with Crippen molar-refractivity contribution in [3.05, 3.63) is 58.7 Å². The molecule has 0 aliphatic carbocycles. The molecule has 0 aliphatic heterocycles. The van der Waals surface area contributed by atoms with Crippen LogP contribution in [0.1, 0.15) is 21.5 Å². The summed E-state index contributed by atoms with van der Waals surface area (Å²) in [5.74, 6) is -2.25. The minimum Gasteiger partial charge on any atom is -0.497 e. The first-order valence-corrected chi connectivity index (χ1v) is 9.26. The van der Waals surface area contributed by atoms with Crippen LogP contribution < -0.4 is 14.2 Å². The van der Waals surface area contributed by atoms with Gasteiger partial charge in [0.15, 0.2) is 0 Å². The number of ether oxygens (including phenoxy) is 2. The van der Waals surface area contributed by atoms with Gasteiger partial charge in [-0.25, -0.2) is 21.9 Å². The molecule has 1 amide bonds. The Morgan fingerprint density at radius 3 is 2.35 bits per heavy atom. The maximum atomic E-state index is 14.2. The Morgan fingerprint density at radius 2 is 1.73 bits per heavy atom. The highest BCUT2D eigenvalue weighted by atomic mass is 32.2. The summed E-state index contributed by atoms with van der Waals surface area (Å²) >= 11 is 0. The molecule has 1 N–H and O–H groups in total. The number of methoxy groups -OCH3 is 1. The third-order valence-corrected chi connectivity index (χ3v) is 3.87. The predicted octanol–water partition coefficient (Wildman–Crippen LogP) is 2.55. The number of rotatable bonds is 6. The van der Waals surface area contributed by atoms with E-state index in [1.165, 1.54) is 7.11 Å². The molecule has 0 saturated heterocycles. The Hall–Kier alpha value is -2.68. The lowest BCUT2D eigenvalue weighted by atomic mass is 10.1. The number of hydrogen-bond acceptors (Lipinski definition) is 5. The first-order chi connectivity index (χ1) is 12.1. The lowest BCUT2D eigenvalue weighted by Crippen LogP contribution is -2.30. The normalized spacial score (nSPS) is 11.1. The molecule has 2 aromatic carbocycles. The topological polar surface area (TPSA) is 81.7 Å². The molecule has 9 heteroatoms. The van der Waals surface area contributed by atoms with Crippen LogP contribution >= 0.6 is 0 Å². The molecule has 0 unspecified atom stereocenters. The molecule has 0 aromatic heterocycles. The fourth-order valence-corrected chi connectivity index (χ4v) is 2.62. The molecule has 0 atom stereocenters. The number of nitrogens with one attached hydrogen (secondary N) is 1. The molecule has 0 spiro atoms. The van der Waals surface area contributed by atoms with Crippen molar-refractivity contribution in [3.8, 4) is 11.5 Å². The van der Waals surface area contributed by atoms with Gasteiger partial charge in [-0.1, -0.05) is 0 Å². The van der Waals surface area contributed by atoms with Gasteiger partial charge in [-0.3, -0.25) is 4.79 Å². The van der Waals surface area contributed by atoms with E-state index in [1.807, 2.05) is 6.92 Å². The first kappa shape index (κ1) is 19.6. The lowest BCUT2D eigenvalue weighted by molar-refractivity contribution is 0.0977. The molecule has 26 heavy (non-hydrogen) atoms. The van der Waals surface area contributed by atoms with E-state index in [1.54, 1.807) is 22.9 Å². The number of aryl methyl sites for hydroxylation is 1. The molecule has 0 radical (unpaired) electrons. The van der Waals surface area contributed by atoms with Crippen molar-refractivity contribution in [2.75, 3.05) is 13.4 Å². The quantitative estimate of drug-likeness (QED) is 0.827. The monoisotopic (exact) mass is 385 g/mol. The Kier molecular flexibility index (Phi) is 5.81. The van der Waals surface area contributed by atoms with Crippen LogP contribution in [0.25, 0.3) is 0 Å². The zero-order valence-electron chi connectivity index (χ0n) is 14.3. The van der Waals surface area contributed by atoms with Crippen molar-refractivity contribution < 1.29 is 31.5 Å². The van der Waals surface area contributed by atoms with Crippen molar-refractivity contribution in [3.63, 3.8) is 0 Å². The van der Waals surface area contributed by atoms with Gasteiger partial charge in [0, 0.05) is 11.6 Å². The summed E-state index contributed by atoms with van der Waals surface area (Å²) in [7, 11) is -2.40. The number of benzene rings is 2. The van der Waals surface area contributed by atoms with Crippen LogP contribution in [0.2, 0.25) is 0 Å². The van der Waals surface area contributed by atoms with Crippen molar-refractivity contribution in [1.82, 2.24) is 4.72 Å². The average molecular weight is 385 g/mol. The molecule has 2 aromatic rings. The second-order valence-corrected chi connectivity index (χ2v) is 7.35. The molecule has 0 fully saturated rings. The SMILES string of the molecule is COc1cc(C)cc(OCc2cc(F)c(C(=O)NS(C)(=O)=O)cc2F)c1. The lowest BCUT2D eigenvalue weighted by Gasteiger charge is -2.11. The Balaban J connectivity index is 2.20. The van der Waals surface area contributed by atoms with E-state index in [-0.39, 0.29) is 12.2 Å². The third kappa shape index (κ3) is 5.16. The highest BCUT2D eigenvalue weighted by molar-refractivity contribution is 7.89. The van der Waals surface area contributed by atoms with Gasteiger partial charge in [0.2, 0.25) is 10.0 Å². The maximum absolute atomic E-state index is 14.2. The zero-order chi connectivity index (χ0) is 19.5. The van der Waals surface area contributed by atoms with Gasteiger partial charge in [-0.2, -0.15) is 0 Å². The summed E-state index contributed by atoms with van der Waals surface area (Å²) in [6, 6.07) is 6.49. The summed E-state index contributed by atoms with van der Waals surface area (Å²) in [5, 5.41) is 0. The van der Waals surface area contributed by atoms with E-state index in [9.17, 15) is 22.0 Å². The minimum atomic E-state index is -3.89. The van der Waals surface area contributed by atoms with E-state index in [0.717, 1.165) is 17.9 Å². The Bertz CT molecular complexity index is 944. The highest BCUT2D eigenvalue weighted by Gasteiger charge is 2.19. The fourth-order valence-electron chi connectivity index (χ4n) is 2.17. The largest absolute Gasteiger partial charge is 0.497 e. The molecular formula is C17H17F2NO5S. The van der Waals surface area contributed by atoms with E-state index in [4.69, 9.17) is 9.47 Å². The van der Waals surface area contributed by atoms with Crippen LogP contribution in [-0.2, 0) is 16.6 Å².